The van der Waals surface area contributed by atoms with Crippen molar-refractivity contribution in [3.63, 3.8) is 0 Å². The first-order valence-electron chi connectivity index (χ1n) is 6.76. The molecule has 0 unspecified atom stereocenters. The van der Waals surface area contributed by atoms with Gasteiger partial charge in [-0.05, 0) is 39.0 Å². The number of hydrogen-bond acceptors (Lipinski definition) is 2. The number of halogens is 2. The molecule has 0 saturated heterocycles. The van der Waals surface area contributed by atoms with E-state index in [-0.39, 0.29) is 17.8 Å². The Labute approximate surface area is 128 Å². The van der Waals surface area contributed by atoms with Gasteiger partial charge in [-0.1, -0.05) is 17.7 Å². The molecule has 0 saturated carbocycles. The lowest BCUT2D eigenvalue weighted by atomic mass is 10.2. The van der Waals surface area contributed by atoms with Gasteiger partial charge < -0.3 is 4.90 Å². The maximum atomic E-state index is 13.3. The van der Waals surface area contributed by atoms with E-state index in [1.807, 2.05) is 20.8 Å². The molecule has 0 atom stereocenters. The molecular formula is C15H17ClFN3O. The summed E-state index contributed by atoms with van der Waals surface area (Å²) in [5, 5.41) is 4.42. The maximum absolute atomic E-state index is 13.3. The van der Waals surface area contributed by atoms with Crippen LogP contribution in [-0.2, 0) is 0 Å². The van der Waals surface area contributed by atoms with E-state index in [1.165, 1.54) is 23.2 Å². The van der Waals surface area contributed by atoms with E-state index in [2.05, 4.69) is 5.10 Å². The SMILES string of the molecule is CCN(C(=O)c1cnn(C(C)C)c1Cl)c1cccc(F)c1. The third-order valence-electron chi connectivity index (χ3n) is 3.14. The van der Waals surface area contributed by atoms with Crippen molar-refractivity contribution in [2.75, 3.05) is 11.4 Å². The number of carbonyl (C=O) groups excluding carboxylic acids is 1. The number of aromatic nitrogens is 2. The predicted octanol–water partition coefficient (Wildman–Crippen LogP) is 3.92. The van der Waals surface area contributed by atoms with Gasteiger partial charge in [0.05, 0.1) is 11.8 Å². The highest BCUT2D eigenvalue weighted by Gasteiger charge is 2.23. The van der Waals surface area contributed by atoms with Crippen molar-refractivity contribution in [1.82, 2.24) is 9.78 Å². The van der Waals surface area contributed by atoms with Crippen molar-refractivity contribution >= 4 is 23.2 Å². The zero-order valence-corrected chi connectivity index (χ0v) is 12.9. The Hall–Kier alpha value is -1.88. The highest BCUT2D eigenvalue weighted by Crippen LogP contribution is 2.24. The summed E-state index contributed by atoms with van der Waals surface area (Å²) in [4.78, 5) is 14.1. The van der Waals surface area contributed by atoms with Gasteiger partial charge in [0.25, 0.3) is 5.91 Å². The van der Waals surface area contributed by atoms with E-state index in [1.54, 1.807) is 16.8 Å². The molecule has 0 fully saturated rings. The van der Waals surface area contributed by atoms with Crippen LogP contribution in [0.2, 0.25) is 5.15 Å². The molecule has 1 aromatic carbocycles. The molecule has 0 N–H and O–H groups in total. The second kappa shape index (κ2) is 6.26. The maximum Gasteiger partial charge on any atom is 0.263 e. The fraction of sp³-hybridized carbons (Fsp3) is 0.333. The smallest absolute Gasteiger partial charge is 0.263 e. The Morgan fingerprint density at radius 2 is 2.19 bits per heavy atom. The monoisotopic (exact) mass is 309 g/mol. The minimum atomic E-state index is -0.386. The number of nitrogens with zero attached hydrogens (tertiary/aromatic N) is 3. The van der Waals surface area contributed by atoms with Crippen molar-refractivity contribution < 1.29 is 9.18 Å². The Morgan fingerprint density at radius 3 is 2.71 bits per heavy atom. The summed E-state index contributed by atoms with van der Waals surface area (Å²) in [6, 6.07) is 5.97. The number of anilines is 1. The Balaban J connectivity index is 2.37. The van der Waals surface area contributed by atoms with Gasteiger partial charge in [-0.15, -0.1) is 0 Å². The molecule has 1 aromatic heterocycles. The van der Waals surface area contributed by atoms with Gasteiger partial charge in [0.1, 0.15) is 11.0 Å². The number of rotatable bonds is 4. The number of carbonyl (C=O) groups is 1. The molecule has 112 valence electrons. The highest BCUT2D eigenvalue weighted by molar-refractivity contribution is 6.33. The molecule has 0 spiro atoms. The zero-order valence-electron chi connectivity index (χ0n) is 12.2. The fourth-order valence-electron chi connectivity index (χ4n) is 2.08. The number of benzene rings is 1. The largest absolute Gasteiger partial charge is 0.308 e. The molecule has 0 aliphatic carbocycles. The van der Waals surface area contributed by atoms with Gasteiger partial charge in [-0.2, -0.15) is 5.10 Å². The predicted molar refractivity (Wildman–Crippen MR) is 81.4 cm³/mol. The second-order valence-corrected chi connectivity index (χ2v) is 5.27. The average molecular weight is 310 g/mol. The zero-order chi connectivity index (χ0) is 15.6. The molecule has 1 heterocycles. The number of hydrogen-bond donors (Lipinski definition) is 0. The summed E-state index contributed by atoms with van der Waals surface area (Å²) < 4.78 is 14.9. The topological polar surface area (TPSA) is 38.1 Å². The lowest BCUT2D eigenvalue weighted by Crippen LogP contribution is -2.30. The van der Waals surface area contributed by atoms with Crippen LogP contribution < -0.4 is 4.90 Å². The molecule has 21 heavy (non-hydrogen) atoms. The summed E-state index contributed by atoms with van der Waals surface area (Å²) in [6.45, 7) is 6.09. The molecular weight excluding hydrogens is 293 g/mol. The minimum Gasteiger partial charge on any atom is -0.308 e. The van der Waals surface area contributed by atoms with E-state index >= 15 is 0 Å². The normalized spacial score (nSPS) is 11.0. The minimum absolute atomic E-state index is 0.0586. The first-order chi connectivity index (χ1) is 9.95. The van der Waals surface area contributed by atoms with Crippen LogP contribution >= 0.6 is 11.6 Å². The van der Waals surface area contributed by atoms with Crippen molar-refractivity contribution in [1.29, 1.82) is 0 Å². The van der Waals surface area contributed by atoms with Crippen LogP contribution in [0.1, 0.15) is 37.2 Å². The molecule has 0 radical (unpaired) electrons. The molecule has 2 aromatic rings. The molecule has 6 heteroatoms. The van der Waals surface area contributed by atoms with Crippen LogP contribution in [0.15, 0.2) is 30.5 Å². The van der Waals surface area contributed by atoms with Gasteiger partial charge in [-0.25, -0.2) is 4.39 Å². The van der Waals surface area contributed by atoms with Gasteiger partial charge >= 0.3 is 0 Å². The second-order valence-electron chi connectivity index (χ2n) is 4.92. The Morgan fingerprint density at radius 1 is 1.48 bits per heavy atom. The first-order valence-corrected chi connectivity index (χ1v) is 7.14. The summed E-state index contributed by atoms with van der Waals surface area (Å²) in [6.07, 6.45) is 1.45. The summed E-state index contributed by atoms with van der Waals surface area (Å²) >= 11 is 6.21. The van der Waals surface area contributed by atoms with Crippen molar-refractivity contribution in [2.24, 2.45) is 0 Å². The van der Waals surface area contributed by atoms with Crippen LogP contribution in [0, 0.1) is 5.82 Å². The summed E-state index contributed by atoms with van der Waals surface area (Å²) in [5.74, 6) is -0.678. The van der Waals surface area contributed by atoms with Crippen LogP contribution in [0.25, 0.3) is 0 Å². The van der Waals surface area contributed by atoms with Crippen LogP contribution in [-0.4, -0.2) is 22.2 Å². The van der Waals surface area contributed by atoms with Crippen LogP contribution in [0.5, 0.6) is 0 Å². The average Bonchev–Trinajstić information content (AvgIpc) is 2.81. The summed E-state index contributed by atoms with van der Waals surface area (Å²) in [7, 11) is 0. The van der Waals surface area contributed by atoms with E-state index in [4.69, 9.17) is 11.6 Å². The molecule has 0 aliphatic heterocycles. The molecule has 1 amide bonds. The van der Waals surface area contributed by atoms with Crippen LogP contribution in [0.3, 0.4) is 0 Å². The van der Waals surface area contributed by atoms with E-state index < -0.39 is 0 Å². The van der Waals surface area contributed by atoms with E-state index in [9.17, 15) is 9.18 Å². The highest BCUT2D eigenvalue weighted by atomic mass is 35.5. The van der Waals surface area contributed by atoms with Crippen molar-refractivity contribution in [3.05, 3.63) is 47.0 Å². The standard InChI is InChI=1S/C15H17ClFN3O/c1-4-19(12-7-5-6-11(17)8-12)15(21)13-9-18-20(10(2)3)14(13)16/h5-10H,4H2,1-3H3. The lowest BCUT2D eigenvalue weighted by Gasteiger charge is -2.20. The van der Waals surface area contributed by atoms with E-state index in [0.717, 1.165) is 0 Å². The quantitative estimate of drug-likeness (QED) is 0.858. The van der Waals surface area contributed by atoms with Gasteiger partial charge in [0, 0.05) is 18.3 Å². The van der Waals surface area contributed by atoms with Gasteiger partial charge in [0.2, 0.25) is 0 Å². The molecule has 2 rings (SSSR count). The third-order valence-corrected chi connectivity index (χ3v) is 3.51. The Bertz CT molecular complexity index is 654. The Kier molecular flexibility index (Phi) is 4.63. The molecule has 4 nitrogen and oxygen atoms in total. The van der Waals surface area contributed by atoms with Gasteiger partial charge in [0.15, 0.2) is 0 Å². The number of amides is 1. The molecule has 0 bridgehead atoms. The van der Waals surface area contributed by atoms with Crippen LogP contribution in [0.4, 0.5) is 10.1 Å². The first kappa shape index (κ1) is 15.5. The van der Waals surface area contributed by atoms with Crippen molar-refractivity contribution in [3.8, 4) is 0 Å². The summed E-state index contributed by atoms with van der Waals surface area (Å²) in [5.41, 5.74) is 0.812. The lowest BCUT2D eigenvalue weighted by molar-refractivity contribution is 0.0988. The van der Waals surface area contributed by atoms with E-state index in [0.29, 0.717) is 22.9 Å². The fourth-order valence-corrected chi connectivity index (χ4v) is 2.45. The molecule has 0 aliphatic rings. The van der Waals surface area contributed by atoms with Gasteiger partial charge in [-0.3, -0.25) is 9.48 Å². The van der Waals surface area contributed by atoms with Crippen molar-refractivity contribution in [2.45, 2.75) is 26.8 Å². The third kappa shape index (κ3) is 3.08.